The van der Waals surface area contributed by atoms with Gasteiger partial charge >= 0.3 is 0 Å². The van der Waals surface area contributed by atoms with Gasteiger partial charge in [-0.15, -0.1) is 0 Å². The number of aliphatic hydroxyl groups is 1. The number of aromatic nitrogens is 1. The zero-order chi connectivity index (χ0) is 15.5. The molecule has 2 rings (SSSR count). The van der Waals surface area contributed by atoms with Crippen LogP contribution in [0.4, 0.5) is 4.39 Å². The van der Waals surface area contributed by atoms with Crippen molar-refractivity contribution in [3.05, 3.63) is 47.9 Å². The van der Waals surface area contributed by atoms with Crippen LogP contribution >= 0.6 is 0 Å². The molecule has 2 aromatic rings. The van der Waals surface area contributed by atoms with Crippen LogP contribution in [0.5, 0.6) is 0 Å². The van der Waals surface area contributed by atoms with Crippen molar-refractivity contribution < 1.29 is 19.1 Å². The molecular weight excluding hydrogens is 275 g/mol. The molecule has 6 heteroatoms. The van der Waals surface area contributed by atoms with Gasteiger partial charge in [-0.1, -0.05) is 12.1 Å². The molecule has 0 bridgehead atoms. The Morgan fingerprint density at radius 1 is 1.33 bits per heavy atom. The maximum absolute atomic E-state index is 13.6. The van der Waals surface area contributed by atoms with Crippen molar-refractivity contribution in [2.75, 3.05) is 6.61 Å². The molecule has 1 heterocycles. The molecule has 0 aliphatic heterocycles. The number of rotatable bonds is 5. The van der Waals surface area contributed by atoms with E-state index in [1.54, 1.807) is 38.1 Å². The van der Waals surface area contributed by atoms with Crippen LogP contribution in [0, 0.1) is 5.82 Å². The minimum Gasteiger partial charge on any atom is -0.388 e. The maximum atomic E-state index is 13.6. The maximum Gasteiger partial charge on any atom is 0.291 e. The standard InChI is InChI=1S/C15H17FN2O3/c1-15(2,20)9-21-18-14(19)13-8-7-12(17-13)10-5-3-4-6-11(10)16/h3-8,17,20H,9H2,1-2H3,(H,18,19). The predicted octanol–water partition coefficient (Wildman–Crippen LogP) is 2.25. The van der Waals surface area contributed by atoms with Crippen molar-refractivity contribution in [2.45, 2.75) is 19.4 Å². The van der Waals surface area contributed by atoms with E-state index in [1.165, 1.54) is 12.1 Å². The number of hydrogen-bond donors (Lipinski definition) is 3. The second-order valence-corrected chi connectivity index (χ2v) is 5.30. The number of halogens is 1. The topological polar surface area (TPSA) is 74.3 Å². The summed E-state index contributed by atoms with van der Waals surface area (Å²) in [5, 5.41) is 9.46. The van der Waals surface area contributed by atoms with E-state index in [-0.39, 0.29) is 18.1 Å². The van der Waals surface area contributed by atoms with Gasteiger partial charge in [0.2, 0.25) is 0 Å². The van der Waals surface area contributed by atoms with Crippen LogP contribution in [0.15, 0.2) is 36.4 Å². The highest BCUT2D eigenvalue weighted by atomic mass is 19.1. The van der Waals surface area contributed by atoms with E-state index < -0.39 is 11.5 Å². The second-order valence-electron chi connectivity index (χ2n) is 5.30. The van der Waals surface area contributed by atoms with E-state index in [4.69, 9.17) is 4.84 Å². The van der Waals surface area contributed by atoms with Gasteiger partial charge in [-0.05, 0) is 38.1 Å². The van der Waals surface area contributed by atoms with E-state index in [1.807, 2.05) is 0 Å². The van der Waals surface area contributed by atoms with Gasteiger partial charge in [-0.2, -0.15) is 0 Å². The van der Waals surface area contributed by atoms with Gasteiger partial charge in [0.15, 0.2) is 0 Å². The van der Waals surface area contributed by atoms with Gasteiger partial charge < -0.3 is 10.1 Å². The molecule has 0 atom stereocenters. The van der Waals surface area contributed by atoms with E-state index in [2.05, 4.69) is 10.5 Å². The molecule has 1 aromatic heterocycles. The summed E-state index contributed by atoms with van der Waals surface area (Å²) in [6.45, 7) is 3.08. The normalized spacial score (nSPS) is 11.4. The summed E-state index contributed by atoms with van der Waals surface area (Å²) in [6.07, 6.45) is 0. The number of benzene rings is 1. The van der Waals surface area contributed by atoms with Crippen LogP contribution in [-0.4, -0.2) is 28.2 Å². The smallest absolute Gasteiger partial charge is 0.291 e. The summed E-state index contributed by atoms with van der Waals surface area (Å²) in [7, 11) is 0. The predicted molar refractivity (Wildman–Crippen MR) is 75.9 cm³/mol. The van der Waals surface area contributed by atoms with Crippen LogP contribution in [0.2, 0.25) is 0 Å². The van der Waals surface area contributed by atoms with Gasteiger partial charge in [0.1, 0.15) is 18.1 Å². The molecule has 0 fully saturated rings. The van der Waals surface area contributed by atoms with Gasteiger partial charge in [-0.3, -0.25) is 9.63 Å². The summed E-state index contributed by atoms with van der Waals surface area (Å²) < 4.78 is 13.6. The third-order valence-corrected chi connectivity index (χ3v) is 2.68. The Labute approximate surface area is 121 Å². The fraction of sp³-hybridized carbons (Fsp3) is 0.267. The van der Waals surface area contributed by atoms with E-state index >= 15 is 0 Å². The molecular formula is C15H17FN2O3. The quantitative estimate of drug-likeness (QED) is 0.740. The molecule has 0 saturated carbocycles. The highest BCUT2D eigenvalue weighted by Gasteiger charge is 2.15. The van der Waals surface area contributed by atoms with Crippen molar-refractivity contribution in [3.63, 3.8) is 0 Å². The van der Waals surface area contributed by atoms with Crippen LogP contribution in [0.3, 0.4) is 0 Å². The zero-order valence-corrected chi connectivity index (χ0v) is 11.8. The molecule has 112 valence electrons. The fourth-order valence-corrected chi connectivity index (χ4v) is 1.70. The van der Waals surface area contributed by atoms with Gasteiger partial charge in [0.05, 0.1) is 5.60 Å². The fourth-order valence-electron chi connectivity index (χ4n) is 1.70. The molecule has 0 unspecified atom stereocenters. The number of carbonyl (C=O) groups is 1. The van der Waals surface area contributed by atoms with E-state index in [0.717, 1.165) is 0 Å². The van der Waals surface area contributed by atoms with Gasteiger partial charge in [-0.25, -0.2) is 9.87 Å². The van der Waals surface area contributed by atoms with Crippen molar-refractivity contribution in [2.24, 2.45) is 0 Å². The lowest BCUT2D eigenvalue weighted by molar-refractivity contribution is -0.0523. The Kier molecular flexibility index (Phi) is 4.40. The summed E-state index contributed by atoms with van der Waals surface area (Å²) >= 11 is 0. The summed E-state index contributed by atoms with van der Waals surface area (Å²) in [5.74, 6) is -0.869. The van der Waals surface area contributed by atoms with Crippen molar-refractivity contribution in [1.29, 1.82) is 0 Å². The number of H-pyrrole nitrogens is 1. The number of hydrogen-bond acceptors (Lipinski definition) is 3. The molecule has 0 aliphatic carbocycles. The molecule has 3 N–H and O–H groups in total. The highest BCUT2D eigenvalue weighted by Crippen LogP contribution is 2.21. The molecule has 5 nitrogen and oxygen atoms in total. The molecule has 0 saturated heterocycles. The number of carbonyl (C=O) groups excluding carboxylic acids is 1. The number of nitrogens with one attached hydrogen (secondary N) is 2. The molecule has 1 amide bonds. The first kappa shape index (κ1) is 15.2. The molecule has 0 spiro atoms. The zero-order valence-electron chi connectivity index (χ0n) is 11.8. The monoisotopic (exact) mass is 292 g/mol. The summed E-state index contributed by atoms with van der Waals surface area (Å²) in [6, 6.07) is 9.43. The average molecular weight is 292 g/mol. The third-order valence-electron chi connectivity index (χ3n) is 2.68. The Morgan fingerprint density at radius 2 is 2.05 bits per heavy atom. The first-order chi connectivity index (χ1) is 9.87. The lowest BCUT2D eigenvalue weighted by Gasteiger charge is -2.16. The first-order valence-corrected chi connectivity index (χ1v) is 6.45. The SMILES string of the molecule is CC(C)(O)CONC(=O)c1ccc(-c2ccccc2F)[nH]1. The Hall–Kier alpha value is -2.18. The minimum atomic E-state index is -1.04. The second kappa shape index (κ2) is 6.07. The molecule has 21 heavy (non-hydrogen) atoms. The summed E-state index contributed by atoms with van der Waals surface area (Å²) in [4.78, 5) is 19.5. The van der Waals surface area contributed by atoms with Gasteiger partial charge in [0, 0.05) is 11.3 Å². The lowest BCUT2D eigenvalue weighted by atomic mass is 10.1. The van der Waals surface area contributed by atoms with Crippen LogP contribution < -0.4 is 5.48 Å². The summed E-state index contributed by atoms with van der Waals surface area (Å²) in [5.41, 5.74) is 2.29. The molecule has 0 radical (unpaired) electrons. The van der Waals surface area contributed by atoms with Crippen LogP contribution in [-0.2, 0) is 4.84 Å². The largest absolute Gasteiger partial charge is 0.388 e. The van der Waals surface area contributed by atoms with Crippen molar-refractivity contribution in [1.82, 2.24) is 10.5 Å². The van der Waals surface area contributed by atoms with Crippen LogP contribution in [0.1, 0.15) is 24.3 Å². The van der Waals surface area contributed by atoms with Gasteiger partial charge in [0.25, 0.3) is 5.91 Å². The number of hydroxylamine groups is 1. The van der Waals surface area contributed by atoms with Crippen LogP contribution in [0.25, 0.3) is 11.3 Å². The van der Waals surface area contributed by atoms with Crippen molar-refractivity contribution >= 4 is 5.91 Å². The van der Waals surface area contributed by atoms with E-state index in [0.29, 0.717) is 11.3 Å². The Bertz CT molecular complexity index is 632. The number of amides is 1. The lowest BCUT2D eigenvalue weighted by Crippen LogP contribution is -2.33. The highest BCUT2D eigenvalue weighted by molar-refractivity contribution is 5.92. The third kappa shape index (κ3) is 4.14. The Balaban J connectivity index is 2.03. The Morgan fingerprint density at radius 3 is 2.71 bits per heavy atom. The number of aromatic amines is 1. The van der Waals surface area contributed by atoms with E-state index in [9.17, 15) is 14.3 Å². The molecule has 0 aliphatic rings. The first-order valence-electron chi connectivity index (χ1n) is 6.45. The average Bonchev–Trinajstić information content (AvgIpc) is 2.87. The minimum absolute atomic E-state index is 0.0420. The molecule has 1 aromatic carbocycles. The van der Waals surface area contributed by atoms with Crippen molar-refractivity contribution in [3.8, 4) is 11.3 Å².